The summed E-state index contributed by atoms with van der Waals surface area (Å²) in [6.45, 7) is 2.68. The number of hydrogen-bond donors (Lipinski definition) is 0. The van der Waals surface area contributed by atoms with Gasteiger partial charge in [0.15, 0.2) is 0 Å². The van der Waals surface area contributed by atoms with E-state index in [2.05, 4.69) is 6.92 Å². The SMILES string of the molecule is C[C@H]1CC(F)CN1C. The zero-order valence-electron chi connectivity index (χ0n) is 5.39. The first-order valence-corrected chi connectivity index (χ1v) is 3.04. The van der Waals surface area contributed by atoms with Crippen molar-refractivity contribution in [3.8, 4) is 0 Å². The van der Waals surface area contributed by atoms with Crippen molar-refractivity contribution in [3.05, 3.63) is 0 Å². The molecule has 1 nitrogen and oxygen atoms in total. The Kier molecular flexibility index (Phi) is 1.52. The molecule has 0 aromatic carbocycles. The van der Waals surface area contributed by atoms with Crippen LogP contribution in [0.3, 0.4) is 0 Å². The summed E-state index contributed by atoms with van der Waals surface area (Å²) in [6, 6.07) is 0.449. The van der Waals surface area contributed by atoms with Gasteiger partial charge in [-0.2, -0.15) is 0 Å². The van der Waals surface area contributed by atoms with Crippen LogP contribution in [0.5, 0.6) is 0 Å². The van der Waals surface area contributed by atoms with Gasteiger partial charge in [0.25, 0.3) is 0 Å². The molecule has 1 fully saturated rings. The number of hydrogen-bond acceptors (Lipinski definition) is 1. The van der Waals surface area contributed by atoms with Crippen molar-refractivity contribution in [1.29, 1.82) is 0 Å². The van der Waals surface area contributed by atoms with E-state index < -0.39 is 6.17 Å². The highest BCUT2D eigenvalue weighted by molar-refractivity contribution is 4.79. The summed E-state index contributed by atoms with van der Waals surface area (Å²) in [7, 11) is 1.96. The maximum atomic E-state index is 12.4. The number of rotatable bonds is 0. The third-order valence-electron chi connectivity index (χ3n) is 1.84. The molecule has 0 spiro atoms. The van der Waals surface area contributed by atoms with Crippen LogP contribution in [0.1, 0.15) is 13.3 Å². The van der Waals surface area contributed by atoms with Gasteiger partial charge in [-0.05, 0) is 20.4 Å². The van der Waals surface area contributed by atoms with Crippen molar-refractivity contribution >= 4 is 0 Å². The molecule has 0 saturated carbocycles. The molecule has 1 aliphatic heterocycles. The van der Waals surface area contributed by atoms with E-state index in [0.29, 0.717) is 12.6 Å². The largest absolute Gasteiger partial charge is 0.301 e. The second-order valence-corrected chi connectivity index (χ2v) is 2.62. The number of halogens is 1. The topological polar surface area (TPSA) is 3.24 Å². The van der Waals surface area contributed by atoms with Crippen molar-refractivity contribution in [1.82, 2.24) is 4.90 Å². The summed E-state index contributed by atoms with van der Waals surface area (Å²) in [4.78, 5) is 2.05. The average Bonchev–Trinajstić information content (AvgIpc) is 1.85. The maximum absolute atomic E-state index is 12.4. The number of alkyl halides is 1. The zero-order valence-corrected chi connectivity index (χ0v) is 5.39. The van der Waals surface area contributed by atoms with E-state index in [1.807, 2.05) is 11.9 Å². The molecule has 1 saturated heterocycles. The van der Waals surface area contributed by atoms with Crippen LogP contribution in [-0.4, -0.2) is 30.7 Å². The van der Waals surface area contributed by atoms with Crippen LogP contribution in [0, 0.1) is 0 Å². The minimum absolute atomic E-state index is 0.449. The summed E-state index contributed by atoms with van der Waals surface area (Å²) < 4.78 is 12.4. The van der Waals surface area contributed by atoms with Crippen molar-refractivity contribution < 1.29 is 4.39 Å². The van der Waals surface area contributed by atoms with Crippen molar-refractivity contribution in [2.24, 2.45) is 0 Å². The second-order valence-electron chi connectivity index (χ2n) is 2.62. The maximum Gasteiger partial charge on any atom is 0.114 e. The first-order chi connectivity index (χ1) is 3.70. The molecule has 2 atom stereocenters. The number of nitrogens with zero attached hydrogens (tertiary/aromatic N) is 1. The zero-order chi connectivity index (χ0) is 6.15. The van der Waals surface area contributed by atoms with E-state index in [1.54, 1.807) is 0 Å². The molecule has 8 heavy (non-hydrogen) atoms. The Balaban J connectivity index is 2.39. The molecule has 0 N–H and O–H groups in total. The third-order valence-corrected chi connectivity index (χ3v) is 1.84. The van der Waals surface area contributed by atoms with Gasteiger partial charge in [0.1, 0.15) is 6.17 Å². The van der Waals surface area contributed by atoms with Gasteiger partial charge >= 0.3 is 0 Å². The first kappa shape index (κ1) is 6.02. The van der Waals surface area contributed by atoms with Gasteiger partial charge in [-0.1, -0.05) is 0 Å². The first-order valence-electron chi connectivity index (χ1n) is 3.04. The van der Waals surface area contributed by atoms with Crippen LogP contribution in [-0.2, 0) is 0 Å². The normalized spacial score (nSPS) is 40.9. The molecule has 1 unspecified atom stereocenters. The molecule has 0 aromatic heterocycles. The van der Waals surface area contributed by atoms with Gasteiger partial charge < -0.3 is 4.90 Å². The smallest absolute Gasteiger partial charge is 0.114 e. The third kappa shape index (κ3) is 0.996. The van der Waals surface area contributed by atoms with E-state index in [0.717, 1.165) is 6.42 Å². The van der Waals surface area contributed by atoms with Gasteiger partial charge in [0.2, 0.25) is 0 Å². The van der Waals surface area contributed by atoms with E-state index >= 15 is 0 Å². The van der Waals surface area contributed by atoms with E-state index in [4.69, 9.17) is 0 Å². The summed E-state index contributed by atoms with van der Waals surface area (Å²) in [6.07, 6.45) is 0.145. The quantitative estimate of drug-likeness (QED) is 0.458. The lowest BCUT2D eigenvalue weighted by atomic mass is 10.2. The standard InChI is InChI=1S/C6H12FN/c1-5-3-6(7)4-8(5)2/h5-6H,3-4H2,1-2H3/t5-,6?/m0/s1. The molecule has 0 aliphatic carbocycles. The van der Waals surface area contributed by atoms with Crippen LogP contribution < -0.4 is 0 Å². The van der Waals surface area contributed by atoms with E-state index in [1.165, 1.54) is 0 Å². The lowest BCUT2D eigenvalue weighted by molar-refractivity contribution is 0.303. The van der Waals surface area contributed by atoms with Crippen LogP contribution in [0.4, 0.5) is 4.39 Å². The molecule has 0 aromatic rings. The minimum Gasteiger partial charge on any atom is -0.301 e. The van der Waals surface area contributed by atoms with Gasteiger partial charge in [0.05, 0.1) is 0 Å². The van der Waals surface area contributed by atoms with Crippen molar-refractivity contribution in [3.63, 3.8) is 0 Å². The predicted molar refractivity (Wildman–Crippen MR) is 31.6 cm³/mol. The van der Waals surface area contributed by atoms with Crippen LogP contribution >= 0.6 is 0 Å². The van der Waals surface area contributed by atoms with Crippen molar-refractivity contribution in [2.75, 3.05) is 13.6 Å². The van der Waals surface area contributed by atoms with E-state index in [-0.39, 0.29) is 0 Å². The fourth-order valence-electron chi connectivity index (χ4n) is 1.12. The van der Waals surface area contributed by atoms with Crippen LogP contribution in [0.2, 0.25) is 0 Å². The lowest BCUT2D eigenvalue weighted by Crippen LogP contribution is -2.21. The Morgan fingerprint density at radius 1 is 1.62 bits per heavy atom. The van der Waals surface area contributed by atoms with Gasteiger partial charge in [0, 0.05) is 12.6 Å². The monoisotopic (exact) mass is 117 g/mol. The Morgan fingerprint density at radius 3 is 2.38 bits per heavy atom. The van der Waals surface area contributed by atoms with Crippen LogP contribution in [0.15, 0.2) is 0 Å². The highest BCUT2D eigenvalue weighted by Gasteiger charge is 2.24. The Bertz CT molecular complexity index is 74.6. The molecule has 0 amide bonds. The average molecular weight is 117 g/mol. The molecule has 0 bridgehead atoms. The molecule has 0 radical (unpaired) electrons. The minimum atomic E-state index is -0.574. The molecule has 1 rings (SSSR count). The summed E-state index contributed by atoms with van der Waals surface area (Å²) in [5.41, 5.74) is 0. The molecular weight excluding hydrogens is 105 g/mol. The predicted octanol–water partition coefficient (Wildman–Crippen LogP) is 1.05. The van der Waals surface area contributed by atoms with Gasteiger partial charge in [-0.3, -0.25) is 0 Å². The Hall–Kier alpha value is -0.110. The molecule has 2 heteroatoms. The highest BCUT2D eigenvalue weighted by Crippen LogP contribution is 2.16. The Morgan fingerprint density at radius 2 is 2.25 bits per heavy atom. The fourth-order valence-corrected chi connectivity index (χ4v) is 1.12. The fraction of sp³-hybridized carbons (Fsp3) is 1.00. The molecule has 48 valence electrons. The molecule has 1 heterocycles. The summed E-state index contributed by atoms with van der Waals surface area (Å²) in [5.74, 6) is 0. The Labute approximate surface area is 49.5 Å². The highest BCUT2D eigenvalue weighted by atomic mass is 19.1. The van der Waals surface area contributed by atoms with E-state index in [9.17, 15) is 4.39 Å². The summed E-state index contributed by atoms with van der Waals surface area (Å²) in [5, 5.41) is 0. The summed E-state index contributed by atoms with van der Waals surface area (Å²) >= 11 is 0. The lowest BCUT2D eigenvalue weighted by Gasteiger charge is -2.11. The molecule has 1 aliphatic rings. The van der Waals surface area contributed by atoms with Gasteiger partial charge in [-0.25, -0.2) is 4.39 Å². The van der Waals surface area contributed by atoms with Crippen molar-refractivity contribution in [2.45, 2.75) is 25.6 Å². The molecular formula is C6H12FN. The number of likely N-dealkylation sites (tertiary alicyclic amines) is 1. The second kappa shape index (κ2) is 2.02. The van der Waals surface area contributed by atoms with Crippen LogP contribution in [0.25, 0.3) is 0 Å². The van der Waals surface area contributed by atoms with Gasteiger partial charge in [-0.15, -0.1) is 0 Å².